The lowest BCUT2D eigenvalue weighted by Crippen LogP contribution is -2.48. The van der Waals surface area contributed by atoms with Gasteiger partial charge in [-0.25, -0.2) is 0 Å². The van der Waals surface area contributed by atoms with Crippen molar-refractivity contribution in [3.05, 3.63) is 24.3 Å². The van der Waals surface area contributed by atoms with Gasteiger partial charge in [0.05, 0.1) is 13.2 Å². The van der Waals surface area contributed by atoms with Crippen LogP contribution >= 0.6 is 0 Å². The number of carbonyl (C=O) groups is 1. The number of ether oxygens (including phenoxy) is 2. The quantitative estimate of drug-likeness (QED) is 0.722. The van der Waals surface area contributed by atoms with Crippen molar-refractivity contribution in [2.75, 3.05) is 26.3 Å². The Morgan fingerprint density at radius 3 is 2.74 bits per heavy atom. The third kappa shape index (κ3) is 5.75. The van der Waals surface area contributed by atoms with Gasteiger partial charge in [0.15, 0.2) is 11.5 Å². The molecule has 0 saturated carbocycles. The molecule has 2 unspecified atom stereocenters. The molecule has 5 nitrogen and oxygen atoms in total. The van der Waals surface area contributed by atoms with Crippen molar-refractivity contribution in [1.82, 2.24) is 10.6 Å². The van der Waals surface area contributed by atoms with Crippen molar-refractivity contribution < 1.29 is 14.3 Å². The molecular weight excluding hydrogens is 292 g/mol. The normalized spacial score (nSPS) is 20.8. The molecule has 0 radical (unpaired) electrons. The van der Waals surface area contributed by atoms with Crippen LogP contribution in [0.2, 0.25) is 0 Å². The predicted molar refractivity (Wildman–Crippen MR) is 90.9 cm³/mol. The van der Waals surface area contributed by atoms with Crippen molar-refractivity contribution in [2.24, 2.45) is 5.92 Å². The lowest BCUT2D eigenvalue weighted by molar-refractivity contribution is -0.122. The first-order chi connectivity index (χ1) is 11.2. The predicted octanol–water partition coefficient (Wildman–Crippen LogP) is 2.36. The summed E-state index contributed by atoms with van der Waals surface area (Å²) in [6.45, 7) is 7.19. The van der Waals surface area contributed by atoms with Crippen LogP contribution in [-0.2, 0) is 4.79 Å². The first-order valence-electron chi connectivity index (χ1n) is 8.55. The molecule has 1 amide bonds. The first kappa shape index (κ1) is 17.6. The highest BCUT2D eigenvalue weighted by Crippen LogP contribution is 2.26. The molecule has 5 heteroatoms. The zero-order valence-corrected chi connectivity index (χ0v) is 14.1. The second kappa shape index (κ2) is 9.40. The molecule has 128 valence electrons. The first-order valence-corrected chi connectivity index (χ1v) is 8.55. The van der Waals surface area contributed by atoms with Crippen LogP contribution in [0.15, 0.2) is 24.3 Å². The second-order valence-electron chi connectivity index (χ2n) is 5.98. The number of hydrogen-bond acceptors (Lipinski definition) is 4. The van der Waals surface area contributed by atoms with Crippen molar-refractivity contribution in [2.45, 2.75) is 39.2 Å². The molecule has 0 bridgehead atoms. The highest BCUT2D eigenvalue weighted by molar-refractivity contribution is 5.76. The number of nitrogens with one attached hydrogen (secondary N) is 2. The summed E-state index contributed by atoms with van der Waals surface area (Å²) in [6, 6.07) is 7.92. The molecule has 2 rings (SSSR count). The molecule has 1 aromatic rings. The van der Waals surface area contributed by atoms with Crippen LogP contribution in [-0.4, -0.2) is 38.3 Å². The van der Waals surface area contributed by atoms with Crippen molar-refractivity contribution in [3.8, 4) is 11.5 Å². The average Bonchev–Trinajstić information content (AvgIpc) is 2.55. The van der Waals surface area contributed by atoms with E-state index in [2.05, 4.69) is 17.6 Å². The van der Waals surface area contributed by atoms with Gasteiger partial charge >= 0.3 is 0 Å². The standard InChI is InChI=1S/C18H28N2O3/c1-3-22-16-7-4-5-8-17(16)23-12-6-9-18(21)20-15-10-11-19-13-14(15)2/h4-5,7-8,14-15,19H,3,6,9-13H2,1-2H3,(H,20,21). The Bertz CT molecular complexity index is 493. The fourth-order valence-corrected chi connectivity index (χ4v) is 2.77. The maximum absolute atomic E-state index is 12.0. The van der Waals surface area contributed by atoms with E-state index in [1.54, 1.807) is 0 Å². The summed E-state index contributed by atoms with van der Waals surface area (Å²) in [5.41, 5.74) is 0. The van der Waals surface area contributed by atoms with Crippen molar-refractivity contribution in [3.63, 3.8) is 0 Å². The second-order valence-corrected chi connectivity index (χ2v) is 5.98. The van der Waals surface area contributed by atoms with Crippen LogP contribution in [0.25, 0.3) is 0 Å². The average molecular weight is 320 g/mol. The summed E-state index contributed by atoms with van der Waals surface area (Å²) in [7, 11) is 0. The Morgan fingerprint density at radius 2 is 2.04 bits per heavy atom. The van der Waals surface area contributed by atoms with Crippen molar-refractivity contribution >= 4 is 5.91 Å². The van der Waals surface area contributed by atoms with Gasteiger partial charge in [-0.1, -0.05) is 19.1 Å². The van der Waals surface area contributed by atoms with Gasteiger partial charge in [0, 0.05) is 12.5 Å². The van der Waals surface area contributed by atoms with E-state index >= 15 is 0 Å². The van der Waals surface area contributed by atoms with E-state index in [0.29, 0.717) is 38.0 Å². The Labute approximate surface area is 138 Å². The molecule has 1 aliphatic heterocycles. The summed E-state index contributed by atoms with van der Waals surface area (Å²) in [4.78, 5) is 12.0. The summed E-state index contributed by atoms with van der Waals surface area (Å²) in [5, 5.41) is 6.48. The zero-order chi connectivity index (χ0) is 16.5. The van der Waals surface area contributed by atoms with E-state index < -0.39 is 0 Å². The molecule has 0 spiro atoms. The molecule has 1 aromatic carbocycles. The largest absolute Gasteiger partial charge is 0.490 e. The highest BCUT2D eigenvalue weighted by Gasteiger charge is 2.22. The minimum Gasteiger partial charge on any atom is -0.490 e. The monoisotopic (exact) mass is 320 g/mol. The lowest BCUT2D eigenvalue weighted by Gasteiger charge is -2.30. The van der Waals surface area contributed by atoms with Gasteiger partial charge in [-0.3, -0.25) is 4.79 Å². The SMILES string of the molecule is CCOc1ccccc1OCCCC(=O)NC1CCNCC1C. The molecule has 1 fully saturated rings. The molecule has 1 saturated heterocycles. The topological polar surface area (TPSA) is 59.6 Å². The summed E-state index contributed by atoms with van der Waals surface area (Å²) in [5.74, 6) is 2.09. The van der Waals surface area contributed by atoms with E-state index in [4.69, 9.17) is 9.47 Å². The van der Waals surface area contributed by atoms with E-state index in [0.717, 1.165) is 31.0 Å². The minimum absolute atomic E-state index is 0.116. The van der Waals surface area contributed by atoms with Gasteiger partial charge in [-0.2, -0.15) is 0 Å². The molecule has 0 aromatic heterocycles. The zero-order valence-electron chi connectivity index (χ0n) is 14.1. The van der Waals surface area contributed by atoms with Crippen LogP contribution in [0.3, 0.4) is 0 Å². The van der Waals surface area contributed by atoms with Gasteiger partial charge in [0.25, 0.3) is 0 Å². The maximum Gasteiger partial charge on any atom is 0.220 e. The summed E-state index contributed by atoms with van der Waals surface area (Å²) in [6.07, 6.45) is 2.20. The summed E-state index contributed by atoms with van der Waals surface area (Å²) >= 11 is 0. The van der Waals surface area contributed by atoms with Gasteiger partial charge in [-0.05, 0) is 50.9 Å². The van der Waals surface area contributed by atoms with Crippen LogP contribution in [0.5, 0.6) is 11.5 Å². The van der Waals surface area contributed by atoms with Gasteiger partial charge in [-0.15, -0.1) is 0 Å². The number of para-hydroxylation sites is 2. The Hall–Kier alpha value is -1.75. The van der Waals surface area contributed by atoms with E-state index in [1.807, 2.05) is 31.2 Å². The lowest BCUT2D eigenvalue weighted by atomic mass is 9.95. The maximum atomic E-state index is 12.0. The molecule has 2 atom stereocenters. The third-order valence-electron chi connectivity index (χ3n) is 4.09. The Kier molecular flexibility index (Phi) is 7.20. The molecular formula is C18H28N2O3. The van der Waals surface area contributed by atoms with Crippen LogP contribution in [0, 0.1) is 5.92 Å². The molecule has 23 heavy (non-hydrogen) atoms. The van der Waals surface area contributed by atoms with Gasteiger partial charge in [0.2, 0.25) is 5.91 Å². The van der Waals surface area contributed by atoms with E-state index in [9.17, 15) is 4.79 Å². The van der Waals surface area contributed by atoms with Crippen LogP contribution in [0.4, 0.5) is 0 Å². The Balaban J connectivity index is 1.68. The number of rotatable bonds is 8. The molecule has 1 heterocycles. The molecule has 0 aliphatic carbocycles. The smallest absolute Gasteiger partial charge is 0.220 e. The number of piperidine rings is 1. The van der Waals surface area contributed by atoms with E-state index in [-0.39, 0.29) is 5.91 Å². The van der Waals surface area contributed by atoms with Gasteiger partial charge in [0.1, 0.15) is 0 Å². The minimum atomic E-state index is 0.116. The fraction of sp³-hybridized carbons (Fsp3) is 0.611. The van der Waals surface area contributed by atoms with Crippen molar-refractivity contribution in [1.29, 1.82) is 0 Å². The molecule has 1 aliphatic rings. The van der Waals surface area contributed by atoms with E-state index in [1.165, 1.54) is 0 Å². The van der Waals surface area contributed by atoms with Crippen LogP contribution in [0.1, 0.15) is 33.1 Å². The number of amides is 1. The summed E-state index contributed by atoms with van der Waals surface area (Å²) < 4.78 is 11.3. The fourth-order valence-electron chi connectivity index (χ4n) is 2.77. The number of carbonyl (C=O) groups excluding carboxylic acids is 1. The Morgan fingerprint density at radius 1 is 1.30 bits per heavy atom. The number of benzene rings is 1. The highest BCUT2D eigenvalue weighted by atomic mass is 16.5. The van der Waals surface area contributed by atoms with Crippen LogP contribution < -0.4 is 20.1 Å². The molecule has 2 N–H and O–H groups in total. The number of hydrogen-bond donors (Lipinski definition) is 2. The third-order valence-corrected chi connectivity index (χ3v) is 4.09. The van der Waals surface area contributed by atoms with Gasteiger partial charge < -0.3 is 20.1 Å².